The van der Waals surface area contributed by atoms with E-state index in [0.29, 0.717) is 0 Å². The summed E-state index contributed by atoms with van der Waals surface area (Å²) in [5.41, 5.74) is 0. The van der Waals surface area contributed by atoms with Crippen molar-refractivity contribution in [2.45, 2.75) is 0 Å². The third-order valence-corrected chi connectivity index (χ3v) is 0.974. The predicted octanol–water partition coefficient (Wildman–Crippen LogP) is 1.03. The molecule has 0 aromatic carbocycles. The van der Waals surface area contributed by atoms with Crippen LogP contribution in [0.3, 0.4) is 0 Å². The van der Waals surface area contributed by atoms with Crippen LogP contribution in [0.5, 0.6) is 0 Å². The van der Waals surface area contributed by atoms with E-state index in [4.69, 9.17) is 0 Å². The fourth-order valence-electron chi connectivity index (χ4n) is 0.204. The van der Waals surface area contributed by atoms with Gasteiger partial charge in [0.1, 0.15) is 0 Å². The Morgan fingerprint density at radius 2 is 2.29 bits per heavy atom. The maximum atomic E-state index is 3.54. The molecular weight excluding hydrogens is 102 g/mol. The van der Waals surface area contributed by atoms with E-state index in [0.717, 1.165) is 5.21 Å². The zero-order chi connectivity index (χ0) is 5.70. The summed E-state index contributed by atoms with van der Waals surface area (Å²) < 4.78 is 0. The van der Waals surface area contributed by atoms with Gasteiger partial charge in [0.15, 0.2) is 0 Å². The number of hydrogen-bond donors (Lipinski definition) is 0. The Balaban J connectivity index is 3.72. The standard InChI is InChI=1S/C5H8BP/c1-3-4-5(7)6-2/h3-4H,1-2,7H2/b5-4+. The van der Waals surface area contributed by atoms with E-state index < -0.39 is 0 Å². The van der Waals surface area contributed by atoms with Gasteiger partial charge in [0, 0.05) is 0 Å². The van der Waals surface area contributed by atoms with Gasteiger partial charge in [-0.3, -0.25) is 0 Å². The van der Waals surface area contributed by atoms with Crippen LogP contribution in [0.15, 0.2) is 23.9 Å². The molecule has 0 rings (SSSR count). The quantitative estimate of drug-likeness (QED) is 0.283. The van der Waals surface area contributed by atoms with Crippen molar-refractivity contribution in [3.63, 3.8) is 0 Å². The van der Waals surface area contributed by atoms with Gasteiger partial charge in [-0.1, -0.05) is 0 Å². The average molecular weight is 110 g/mol. The van der Waals surface area contributed by atoms with Gasteiger partial charge < -0.3 is 0 Å². The van der Waals surface area contributed by atoms with Crippen molar-refractivity contribution in [1.29, 1.82) is 0 Å². The Morgan fingerprint density at radius 3 is 2.43 bits per heavy atom. The molecule has 0 nitrogen and oxygen atoms in total. The van der Waals surface area contributed by atoms with Crippen LogP contribution in [0.4, 0.5) is 0 Å². The van der Waals surface area contributed by atoms with E-state index >= 15 is 0 Å². The minimum atomic E-state index is 1.06. The fraction of sp³-hybridized carbons (Fsp3) is 0. The SMILES string of the molecule is C=B/C(P)=C\C=C. The molecule has 0 saturated carbocycles. The monoisotopic (exact) mass is 110 g/mol. The minimum absolute atomic E-state index is 1.06. The first kappa shape index (κ1) is 6.84. The second-order valence-electron chi connectivity index (χ2n) is 1.11. The van der Waals surface area contributed by atoms with Crippen molar-refractivity contribution in [2.75, 3.05) is 0 Å². The summed E-state index contributed by atoms with van der Waals surface area (Å²) in [5, 5.41) is 1.06. The molecule has 2 heteroatoms. The van der Waals surface area contributed by atoms with Crippen molar-refractivity contribution in [2.24, 2.45) is 0 Å². The Morgan fingerprint density at radius 1 is 1.71 bits per heavy atom. The molecular formula is C5H8BP. The van der Waals surface area contributed by atoms with Crippen molar-refractivity contribution in [3.05, 3.63) is 23.9 Å². The Hall–Kier alpha value is -0.155. The van der Waals surface area contributed by atoms with E-state index in [-0.39, 0.29) is 0 Å². The summed E-state index contributed by atoms with van der Waals surface area (Å²) in [4.78, 5) is 0. The summed E-state index contributed by atoms with van der Waals surface area (Å²) in [5.74, 6) is 0. The zero-order valence-corrected chi connectivity index (χ0v) is 5.38. The molecule has 0 heterocycles. The summed E-state index contributed by atoms with van der Waals surface area (Å²) in [7, 11) is 2.53. The van der Waals surface area contributed by atoms with E-state index in [1.807, 2.05) is 6.08 Å². The van der Waals surface area contributed by atoms with E-state index in [9.17, 15) is 0 Å². The first-order valence-corrected chi connectivity index (χ1v) is 2.59. The molecule has 0 spiro atoms. The van der Waals surface area contributed by atoms with Crippen LogP contribution in [0, 0.1) is 0 Å². The molecule has 0 fully saturated rings. The molecule has 0 amide bonds. The number of rotatable bonds is 2. The van der Waals surface area contributed by atoms with Crippen LogP contribution in [0.1, 0.15) is 0 Å². The van der Waals surface area contributed by atoms with Crippen LogP contribution in [-0.4, -0.2) is 13.4 Å². The summed E-state index contributed by atoms with van der Waals surface area (Å²) >= 11 is 0. The van der Waals surface area contributed by atoms with Gasteiger partial charge in [0.25, 0.3) is 0 Å². The summed E-state index contributed by atoms with van der Waals surface area (Å²) in [6.45, 7) is 8.81. The van der Waals surface area contributed by atoms with Crippen LogP contribution < -0.4 is 0 Å². The molecule has 0 aromatic rings. The Labute approximate surface area is 47.4 Å². The second kappa shape index (κ2) is 4.02. The van der Waals surface area contributed by atoms with Crippen molar-refractivity contribution < 1.29 is 0 Å². The van der Waals surface area contributed by atoms with Gasteiger partial charge in [-0.25, -0.2) is 0 Å². The molecule has 0 aromatic heterocycles. The van der Waals surface area contributed by atoms with Crippen LogP contribution in [0.2, 0.25) is 0 Å². The molecule has 0 aliphatic heterocycles. The van der Waals surface area contributed by atoms with Crippen LogP contribution >= 0.6 is 9.24 Å². The fourth-order valence-corrected chi connectivity index (χ4v) is 0.340. The molecule has 1 unspecified atom stereocenters. The van der Waals surface area contributed by atoms with Crippen molar-refractivity contribution in [3.8, 4) is 0 Å². The Bertz CT molecular complexity index is 105. The molecule has 0 aliphatic rings. The van der Waals surface area contributed by atoms with Gasteiger partial charge in [-0.05, 0) is 0 Å². The molecule has 1 atom stereocenters. The van der Waals surface area contributed by atoms with Gasteiger partial charge in [0.2, 0.25) is 0 Å². The van der Waals surface area contributed by atoms with E-state index in [1.165, 1.54) is 0 Å². The van der Waals surface area contributed by atoms with Crippen LogP contribution in [-0.2, 0) is 0 Å². The number of allylic oxidation sites excluding steroid dienone is 2. The average Bonchev–Trinajstić information content (AvgIpc) is 1.68. The zero-order valence-electron chi connectivity index (χ0n) is 4.22. The van der Waals surface area contributed by atoms with Gasteiger partial charge in [-0.2, -0.15) is 0 Å². The topological polar surface area (TPSA) is 0 Å². The number of hydrogen-bond acceptors (Lipinski definition) is 0. The predicted molar refractivity (Wildman–Crippen MR) is 40.9 cm³/mol. The van der Waals surface area contributed by atoms with Crippen LogP contribution in [0.25, 0.3) is 0 Å². The second-order valence-corrected chi connectivity index (χ2v) is 1.77. The van der Waals surface area contributed by atoms with Gasteiger partial charge in [0.05, 0.1) is 0 Å². The van der Waals surface area contributed by atoms with E-state index in [1.54, 1.807) is 13.0 Å². The molecule has 0 aliphatic carbocycles. The maximum absolute atomic E-state index is 3.54. The molecule has 0 bridgehead atoms. The first-order chi connectivity index (χ1) is 3.31. The first-order valence-electron chi connectivity index (χ1n) is 2.02. The molecule has 7 heavy (non-hydrogen) atoms. The van der Waals surface area contributed by atoms with E-state index in [2.05, 4.69) is 22.3 Å². The van der Waals surface area contributed by atoms with Gasteiger partial charge >= 0.3 is 46.6 Å². The van der Waals surface area contributed by atoms with Gasteiger partial charge in [-0.15, -0.1) is 0 Å². The molecule has 0 saturated heterocycles. The van der Waals surface area contributed by atoms with Crippen molar-refractivity contribution in [1.82, 2.24) is 0 Å². The third-order valence-electron chi connectivity index (χ3n) is 0.546. The summed E-state index contributed by atoms with van der Waals surface area (Å²) in [6.07, 6.45) is 3.60. The van der Waals surface area contributed by atoms with Crippen molar-refractivity contribution >= 4 is 22.6 Å². The Kier molecular flexibility index (Phi) is 3.93. The molecule has 36 valence electrons. The third kappa shape index (κ3) is 3.68. The molecule has 0 N–H and O–H groups in total. The molecule has 0 radical (unpaired) electrons. The summed E-state index contributed by atoms with van der Waals surface area (Å²) in [6, 6.07) is 0. The normalized spacial score (nSPS) is 10.1.